The van der Waals surface area contributed by atoms with E-state index in [1.54, 1.807) is 25.1 Å². The van der Waals surface area contributed by atoms with Crippen LogP contribution in [0, 0.1) is 12.7 Å². The van der Waals surface area contributed by atoms with Crippen molar-refractivity contribution in [3.63, 3.8) is 0 Å². The molecular formula is C22H21FN6O5S. The zero-order valence-corrected chi connectivity index (χ0v) is 19.5. The molecule has 35 heavy (non-hydrogen) atoms. The number of aliphatic hydroxyl groups is 1. The Morgan fingerprint density at radius 1 is 1.29 bits per heavy atom. The zero-order valence-electron chi connectivity index (χ0n) is 18.7. The number of nitrogens with one attached hydrogen (secondary N) is 1. The van der Waals surface area contributed by atoms with Crippen LogP contribution in [0.3, 0.4) is 0 Å². The first-order valence-electron chi connectivity index (χ1n) is 10.6. The molecule has 1 amide bonds. The molecule has 4 heterocycles. The largest absolute Gasteiger partial charge is 0.392 e. The standard InChI is InChI=1S/C22H21FN6O5S/c1-12-3-4-13(20-26-22(34-27-20)17-8-15(30)11-29(17)35(2,32)33)7-16(12)25-21(31)18-9-24-19-6-5-14(23)10-28(18)19/h3-7,9-10,15,17,30H,8,11H2,1-2H3,(H,25,31)/t15-,17-/m0/s1. The lowest BCUT2D eigenvalue weighted by Crippen LogP contribution is -2.30. The molecule has 0 radical (unpaired) electrons. The van der Waals surface area contributed by atoms with Crippen molar-refractivity contribution in [2.24, 2.45) is 0 Å². The minimum absolute atomic E-state index is 0.0465. The summed E-state index contributed by atoms with van der Waals surface area (Å²) in [5.41, 5.74) is 2.34. The van der Waals surface area contributed by atoms with Crippen LogP contribution in [0.15, 0.2) is 47.2 Å². The molecular weight excluding hydrogens is 479 g/mol. The van der Waals surface area contributed by atoms with E-state index < -0.39 is 33.9 Å². The van der Waals surface area contributed by atoms with Crippen molar-refractivity contribution >= 4 is 27.3 Å². The maximum atomic E-state index is 13.7. The molecule has 13 heteroatoms. The zero-order chi connectivity index (χ0) is 24.9. The minimum atomic E-state index is -3.59. The predicted molar refractivity (Wildman–Crippen MR) is 122 cm³/mol. The molecule has 182 valence electrons. The highest BCUT2D eigenvalue weighted by atomic mass is 32.2. The highest BCUT2D eigenvalue weighted by molar-refractivity contribution is 7.88. The normalized spacial score (nSPS) is 18.9. The third-order valence-electron chi connectivity index (χ3n) is 5.83. The predicted octanol–water partition coefficient (Wildman–Crippen LogP) is 2.15. The van der Waals surface area contributed by atoms with Gasteiger partial charge in [-0.05, 0) is 30.7 Å². The van der Waals surface area contributed by atoms with Crippen LogP contribution in [-0.4, -0.2) is 62.2 Å². The Labute approximate surface area is 199 Å². The lowest BCUT2D eigenvalue weighted by molar-refractivity contribution is 0.102. The molecule has 0 unspecified atom stereocenters. The second kappa shape index (κ2) is 8.52. The number of benzene rings is 1. The average Bonchev–Trinajstić information content (AvgIpc) is 3.52. The van der Waals surface area contributed by atoms with Crippen molar-refractivity contribution in [3.05, 3.63) is 65.7 Å². The molecule has 1 saturated heterocycles. The van der Waals surface area contributed by atoms with E-state index >= 15 is 0 Å². The quantitative estimate of drug-likeness (QED) is 0.424. The van der Waals surface area contributed by atoms with Gasteiger partial charge in [-0.3, -0.25) is 9.20 Å². The van der Waals surface area contributed by atoms with Gasteiger partial charge in [0.25, 0.3) is 5.91 Å². The van der Waals surface area contributed by atoms with Gasteiger partial charge in [0.05, 0.1) is 18.6 Å². The van der Waals surface area contributed by atoms with Crippen molar-refractivity contribution < 1.29 is 27.2 Å². The summed E-state index contributed by atoms with van der Waals surface area (Å²) >= 11 is 0. The molecule has 1 aliphatic heterocycles. The number of aromatic nitrogens is 4. The number of carbonyl (C=O) groups is 1. The van der Waals surface area contributed by atoms with E-state index in [1.165, 1.54) is 28.9 Å². The van der Waals surface area contributed by atoms with Crippen LogP contribution in [0.5, 0.6) is 0 Å². The number of anilines is 1. The molecule has 2 atom stereocenters. The summed E-state index contributed by atoms with van der Waals surface area (Å²) in [5, 5.41) is 16.7. The molecule has 0 saturated carbocycles. The van der Waals surface area contributed by atoms with Crippen LogP contribution in [0.25, 0.3) is 17.0 Å². The van der Waals surface area contributed by atoms with Gasteiger partial charge in [-0.2, -0.15) is 9.29 Å². The number of β-amino-alcohol motifs (C(OH)–C–C–N with tert-alkyl or cyclic N) is 1. The number of hydrogen-bond acceptors (Lipinski definition) is 8. The lowest BCUT2D eigenvalue weighted by Gasteiger charge is -2.17. The van der Waals surface area contributed by atoms with Gasteiger partial charge < -0.3 is 14.9 Å². The van der Waals surface area contributed by atoms with E-state index in [-0.39, 0.29) is 30.4 Å². The number of hydrogen-bond donors (Lipinski definition) is 2. The van der Waals surface area contributed by atoms with Crippen molar-refractivity contribution in [1.29, 1.82) is 0 Å². The molecule has 3 aromatic heterocycles. The fraction of sp³-hybridized carbons (Fsp3) is 0.273. The number of nitrogens with zero attached hydrogens (tertiary/aromatic N) is 5. The smallest absolute Gasteiger partial charge is 0.274 e. The lowest BCUT2D eigenvalue weighted by atomic mass is 10.1. The van der Waals surface area contributed by atoms with E-state index in [9.17, 15) is 22.7 Å². The monoisotopic (exact) mass is 500 g/mol. The third kappa shape index (κ3) is 4.40. The SMILES string of the molecule is Cc1ccc(-c2noc([C@@H]3C[C@H](O)CN3S(C)(=O)=O)n2)cc1NC(=O)c1cnc2ccc(F)cn12. The molecule has 0 spiro atoms. The Bertz CT molecular complexity index is 1550. The Morgan fingerprint density at radius 2 is 2.09 bits per heavy atom. The van der Waals surface area contributed by atoms with Gasteiger partial charge in [-0.1, -0.05) is 17.3 Å². The number of carbonyl (C=O) groups excluding carboxylic acids is 1. The van der Waals surface area contributed by atoms with Gasteiger partial charge in [0.15, 0.2) is 0 Å². The third-order valence-corrected chi connectivity index (χ3v) is 7.09. The van der Waals surface area contributed by atoms with E-state index in [1.807, 2.05) is 0 Å². The summed E-state index contributed by atoms with van der Waals surface area (Å²) in [7, 11) is -3.59. The first-order chi connectivity index (χ1) is 16.6. The van der Waals surface area contributed by atoms with Crippen LogP contribution in [0.4, 0.5) is 10.1 Å². The molecule has 1 fully saturated rings. The van der Waals surface area contributed by atoms with Gasteiger partial charge >= 0.3 is 0 Å². The Morgan fingerprint density at radius 3 is 2.86 bits per heavy atom. The summed E-state index contributed by atoms with van der Waals surface area (Å²) in [6.45, 7) is 1.76. The van der Waals surface area contributed by atoms with E-state index in [0.29, 0.717) is 16.9 Å². The summed E-state index contributed by atoms with van der Waals surface area (Å²) in [6, 6.07) is 7.13. The van der Waals surface area contributed by atoms with Gasteiger partial charge in [-0.15, -0.1) is 0 Å². The Balaban J connectivity index is 1.42. The summed E-state index contributed by atoms with van der Waals surface area (Å²) in [6.07, 6.45) is 2.91. The number of imidazole rings is 1. The maximum Gasteiger partial charge on any atom is 0.274 e. The van der Waals surface area contributed by atoms with Crippen LogP contribution in [0.1, 0.15) is 34.4 Å². The molecule has 5 rings (SSSR count). The number of aliphatic hydroxyl groups excluding tert-OH is 1. The van der Waals surface area contributed by atoms with E-state index in [0.717, 1.165) is 16.1 Å². The van der Waals surface area contributed by atoms with Crippen molar-refractivity contribution in [2.45, 2.75) is 25.5 Å². The van der Waals surface area contributed by atoms with Crippen LogP contribution in [-0.2, 0) is 10.0 Å². The highest BCUT2D eigenvalue weighted by Crippen LogP contribution is 2.34. The first kappa shape index (κ1) is 23.1. The summed E-state index contributed by atoms with van der Waals surface area (Å²) in [4.78, 5) is 21.4. The topological polar surface area (TPSA) is 143 Å². The molecule has 0 aliphatic carbocycles. The Hall–Kier alpha value is -3.68. The number of halogens is 1. The molecule has 2 N–H and O–H groups in total. The summed E-state index contributed by atoms with van der Waals surface area (Å²) < 4.78 is 45.6. The molecule has 11 nitrogen and oxygen atoms in total. The van der Waals surface area contributed by atoms with Crippen molar-refractivity contribution in [2.75, 3.05) is 18.1 Å². The van der Waals surface area contributed by atoms with Crippen molar-refractivity contribution in [1.82, 2.24) is 23.8 Å². The Kier molecular flexibility index (Phi) is 5.62. The van der Waals surface area contributed by atoms with Gasteiger partial charge in [0, 0.05) is 30.4 Å². The van der Waals surface area contributed by atoms with Gasteiger partial charge in [0.1, 0.15) is 23.2 Å². The van der Waals surface area contributed by atoms with E-state index in [2.05, 4.69) is 20.4 Å². The number of rotatable bonds is 5. The molecule has 1 aromatic carbocycles. The summed E-state index contributed by atoms with van der Waals surface area (Å²) in [5.74, 6) is -0.719. The fourth-order valence-electron chi connectivity index (χ4n) is 4.07. The average molecular weight is 501 g/mol. The highest BCUT2D eigenvalue weighted by Gasteiger charge is 2.41. The number of pyridine rings is 1. The fourth-order valence-corrected chi connectivity index (χ4v) is 5.15. The number of sulfonamides is 1. The maximum absolute atomic E-state index is 13.7. The van der Waals surface area contributed by atoms with Gasteiger partial charge in [-0.25, -0.2) is 17.8 Å². The molecule has 1 aliphatic rings. The second-order valence-corrected chi connectivity index (χ2v) is 10.3. The van der Waals surface area contributed by atoms with Crippen LogP contribution < -0.4 is 5.32 Å². The number of amides is 1. The van der Waals surface area contributed by atoms with Crippen LogP contribution in [0.2, 0.25) is 0 Å². The van der Waals surface area contributed by atoms with Crippen molar-refractivity contribution in [3.8, 4) is 11.4 Å². The van der Waals surface area contributed by atoms with E-state index in [4.69, 9.17) is 4.52 Å². The molecule has 0 bridgehead atoms. The van der Waals surface area contributed by atoms with Crippen LogP contribution >= 0.6 is 0 Å². The molecule has 4 aromatic rings. The van der Waals surface area contributed by atoms with Gasteiger partial charge in [0.2, 0.25) is 21.7 Å². The second-order valence-electron chi connectivity index (χ2n) is 8.40. The first-order valence-corrected chi connectivity index (χ1v) is 12.5. The minimum Gasteiger partial charge on any atom is -0.392 e. The number of fused-ring (bicyclic) bond motifs is 1. The number of aryl methyl sites for hydroxylation is 1.